The molecule has 0 bridgehead atoms. The zero-order valence-electron chi connectivity index (χ0n) is 6.32. The number of aromatic nitrogens is 1. The molecule has 0 aliphatic rings. The molecule has 2 heterocycles. The second-order valence-corrected chi connectivity index (χ2v) is 4.89. The van der Waals surface area contributed by atoms with Gasteiger partial charge < -0.3 is 5.11 Å². The summed E-state index contributed by atoms with van der Waals surface area (Å²) in [4.78, 5) is 14.6. The second-order valence-electron chi connectivity index (χ2n) is 2.46. The van der Waals surface area contributed by atoms with Crippen LogP contribution < -0.4 is 0 Å². The van der Waals surface area contributed by atoms with Gasteiger partial charge in [0.15, 0.2) is 0 Å². The van der Waals surface area contributed by atoms with Crippen LogP contribution in [0.1, 0.15) is 10.4 Å². The maximum Gasteiger partial charge on any atom is 0.338 e. The van der Waals surface area contributed by atoms with Crippen molar-refractivity contribution < 1.29 is 9.90 Å². The minimum absolute atomic E-state index is 0.258. The molecule has 3 nitrogen and oxygen atoms in total. The molecule has 0 saturated carbocycles. The number of hydrogen-bond acceptors (Lipinski definition) is 3. The molecule has 2 aromatic heterocycles. The second kappa shape index (κ2) is 3.08. The Morgan fingerprint density at radius 1 is 1.54 bits per heavy atom. The van der Waals surface area contributed by atoms with E-state index in [1.54, 1.807) is 6.20 Å². The summed E-state index contributed by atoms with van der Waals surface area (Å²) in [6.45, 7) is 0. The van der Waals surface area contributed by atoms with Crippen molar-refractivity contribution in [1.29, 1.82) is 0 Å². The summed E-state index contributed by atoms with van der Waals surface area (Å²) < 4.78 is 1.67. The number of rotatable bonds is 1. The molecule has 2 aromatic rings. The van der Waals surface area contributed by atoms with Gasteiger partial charge in [-0.05, 0) is 22.0 Å². The Balaban J connectivity index is 2.82. The molecule has 1 N–H and O–H groups in total. The van der Waals surface area contributed by atoms with Gasteiger partial charge in [-0.25, -0.2) is 4.79 Å². The van der Waals surface area contributed by atoms with Gasteiger partial charge in [0.25, 0.3) is 0 Å². The van der Waals surface area contributed by atoms with Crippen LogP contribution in [0.5, 0.6) is 0 Å². The molecule has 0 aliphatic carbocycles. The number of thiophene rings is 1. The first kappa shape index (κ1) is 8.65. The SMILES string of the molecule is O=C(O)c1cncc2cc(Br)sc12. The third-order valence-corrected chi connectivity index (χ3v) is 3.31. The summed E-state index contributed by atoms with van der Waals surface area (Å²) in [5, 5.41) is 9.70. The number of nitrogens with zero attached hydrogens (tertiary/aromatic N) is 1. The number of aromatic carboxylic acids is 1. The number of fused-ring (bicyclic) bond motifs is 1. The summed E-state index contributed by atoms with van der Waals surface area (Å²) >= 11 is 4.71. The number of carboxylic acids is 1. The predicted octanol–water partition coefficient (Wildman–Crippen LogP) is 2.76. The van der Waals surface area contributed by atoms with Crippen LogP contribution in [-0.4, -0.2) is 16.1 Å². The molecule has 0 atom stereocenters. The van der Waals surface area contributed by atoms with Crippen molar-refractivity contribution in [1.82, 2.24) is 4.98 Å². The van der Waals surface area contributed by atoms with Gasteiger partial charge >= 0.3 is 5.97 Å². The largest absolute Gasteiger partial charge is 0.478 e. The van der Waals surface area contributed by atoms with E-state index in [2.05, 4.69) is 20.9 Å². The van der Waals surface area contributed by atoms with Crippen molar-refractivity contribution in [2.45, 2.75) is 0 Å². The highest BCUT2D eigenvalue weighted by atomic mass is 79.9. The summed E-state index contributed by atoms with van der Waals surface area (Å²) in [6.07, 6.45) is 3.02. The lowest BCUT2D eigenvalue weighted by Gasteiger charge is -1.93. The number of halogens is 1. The van der Waals surface area contributed by atoms with E-state index in [4.69, 9.17) is 5.11 Å². The molecule has 0 unspecified atom stereocenters. The van der Waals surface area contributed by atoms with Gasteiger partial charge in [0.2, 0.25) is 0 Å². The van der Waals surface area contributed by atoms with Crippen LogP contribution in [0.4, 0.5) is 0 Å². The zero-order chi connectivity index (χ0) is 9.42. The first-order chi connectivity index (χ1) is 6.18. The molecular formula is C8H4BrNO2S. The zero-order valence-corrected chi connectivity index (χ0v) is 8.72. The van der Waals surface area contributed by atoms with Gasteiger partial charge in [-0.15, -0.1) is 11.3 Å². The molecule has 13 heavy (non-hydrogen) atoms. The van der Waals surface area contributed by atoms with Crippen molar-refractivity contribution in [2.24, 2.45) is 0 Å². The quantitative estimate of drug-likeness (QED) is 0.855. The predicted molar refractivity (Wildman–Crippen MR) is 54.3 cm³/mol. The summed E-state index contributed by atoms with van der Waals surface area (Å²) in [5.41, 5.74) is 0.258. The van der Waals surface area contributed by atoms with E-state index in [-0.39, 0.29) is 5.56 Å². The molecule has 0 amide bonds. The fourth-order valence-electron chi connectivity index (χ4n) is 1.08. The summed E-state index contributed by atoms with van der Waals surface area (Å²) in [5.74, 6) is -0.938. The van der Waals surface area contributed by atoms with Crippen LogP contribution in [0.3, 0.4) is 0 Å². The van der Waals surface area contributed by atoms with Crippen molar-refractivity contribution in [3.05, 3.63) is 27.8 Å². The highest BCUT2D eigenvalue weighted by molar-refractivity contribution is 9.11. The van der Waals surface area contributed by atoms with E-state index in [9.17, 15) is 4.79 Å². The smallest absolute Gasteiger partial charge is 0.338 e. The molecule has 0 aliphatic heterocycles. The molecule has 0 radical (unpaired) electrons. The lowest BCUT2D eigenvalue weighted by atomic mass is 10.2. The molecule has 0 spiro atoms. The number of hydrogen-bond donors (Lipinski definition) is 1. The fourth-order valence-corrected chi connectivity index (χ4v) is 2.68. The van der Waals surface area contributed by atoms with Gasteiger partial charge in [-0.2, -0.15) is 0 Å². The van der Waals surface area contributed by atoms with Crippen molar-refractivity contribution >= 4 is 43.3 Å². The van der Waals surface area contributed by atoms with Gasteiger partial charge in [-0.3, -0.25) is 4.98 Å². The Kier molecular flexibility index (Phi) is 2.05. The number of carboxylic acid groups (broad SMARTS) is 1. The first-order valence-electron chi connectivity index (χ1n) is 3.45. The normalized spacial score (nSPS) is 10.5. The minimum Gasteiger partial charge on any atom is -0.478 e. The lowest BCUT2D eigenvalue weighted by molar-refractivity contribution is 0.0699. The Morgan fingerprint density at radius 2 is 2.31 bits per heavy atom. The van der Waals surface area contributed by atoms with Crippen molar-refractivity contribution in [3.8, 4) is 0 Å². The molecular weight excluding hydrogens is 254 g/mol. The van der Waals surface area contributed by atoms with Gasteiger partial charge in [0.1, 0.15) is 0 Å². The topological polar surface area (TPSA) is 50.2 Å². The third-order valence-electron chi connectivity index (χ3n) is 1.62. The third kappa shape index (κ3) is 1.45. The van der Waals surface area contributed by atoms with E-state index in [0.717, 1.165) is 13.9 Å². The van der Waals surface area contributed by atoms with Crippen molar-refractivity contribution in [2.75, 3.05) is 0 Å². The van der Waals surface area contributed by atoms with Crippen LogP contribution in [0.25, 0.3) is 10.1 Å². The average Bonchev–Trinajstić information content (AvgIpc) is 2.43. The Bertz CT molecular complexity index is 480. The van der Waals surface area contributed by atoms with Crippen LogP contribution in [0, 0.1) is 0 Å². The van der Waals surface area contributed by atoms with Crippen LogP contribution in [0.15, 0.2) is 22.2 Å². The standard InChI is InChI=1S/C8H4BrNO2S/c9-6-1-4-2-10-3-5(8(11)12)7(4)13-6/h1-3H,(H,11,12). The maximum absolute atomic E-state index is 10.8. The van der Waals surface area contributed by atoms with Gasteiger partial charge in [-0.1, -0.05) is 0 Å². The van der Waals surface area contributed by atoms with E-state index in [1.807, 2.05) is 6.07 Å². The number of carbonyl (C=O) groups is 1. The molecule has 0 aromatic carbocycles. The van der Waals surface area contributed by atoms with Crippen molar-refractivity contribution in [3.63, 3.8) is 0 Å². The molecule has 0 saturated heterocycles. The minimum atomic E-state index is -0.938. The molecule has 0 fully saturated rings. The lowest BCUT2D eigenvalue weighted by Crippen LogP contribution is -1.96. The van der Waals surface area contributed by atoms with E-state index >= 15 is 0 Å². The van der Waals surface area contributed by atoms with E-state index in [0.29, 0.717) is 0 Å². The summed E-state index contributed by atoms with van der Waals surface area (Å²) in [6, 6.07) is 1.86. The Morgan fingerprint density at radius 3 is 3.00 bits per heavy atom. The molecule has 66 valence electrons. The van der Waals surface area contributed by atoms with Crippen LogP contribution in [-0.2, 0) is 0 Å². The highest BCUT2D eigenvalue weighted by Gasteiger charge is 2.10. The monoisotopic (exact) mass is 257 g/mol. The average molecular weight is 258 g/mol. The highest BCUT2D eigenvalue weighted by Crippen LogP contribution is 2.31. The van der Waals surface area contributed by atoms with Gasteiger partial charge in [0.05, 0.1) is 14.0 Å². The Labute approximate surface area is 86.2 Å². The summed E-state index contributed by atoms with van der Waals surface area (Å²) in [7, 11) is 0. The van der Waals surface area contributed by atoms with Gasteiger partial charge in [0, 0.05) is 17.8 Å². The van der Waals surface area contributed by atoms with Crippen LogP contribution in [0.2, 0.25) is 0 Å². The maximum atomic E-state index is 10.8. The molecule has 2 rings (SSSR count). The molecule has 5 heteroatoms. The van der Waals surface area contributed by atoms with E-state index in [1.165, 1.54) is 17.5 Å². The first-order valence-corrected chi connectivity index (χ1v) is 5.06. The Hall–Kier alpha value is -0.940. The van der Waals surface area contributed by atoms with E-state index < -0.39 is 5.97 Å². The number of pyridine rings is 1. The fraction of sp³-hybridized carbons (Fsp3) is 0. The van der Waals surface area contributed by atoms with Crippen LogP contribution >= 0.6 is 27.3 Å².